The Morgan fingerprint density at radius 2 is 2.18 bits per heavy atom. The Balaban J connectivity index is 2.11. The van der Waals surface area contributed by atoms with Gasteiger partial charge in [-0.15, -0.1) is 22.7 Å². The summed E-state index contributed by atoms with van der Waals surface area (Å²) in [7, 11) is 1.59. The topological polar surface area (TPSA) is 75.2 Å². The van der Waals surface area contributed by atoms with Gasteiger partial charge in [-0.1, -0.05) is 0 Å². The van der Waals surface area contributed by atoms with Crippen LogP contribution in [0.25, 0.3) is 12.2 Å². The molecular weight excluding hydrogens is 320 g/mol. The average molecular weight is 336 g/mol. The van der Waals surface area contributed by atoms with E-state index in [2.05, 4.69) is 15.3 Å². The summed E-state index contributed by atoms with van der Waals surface area (Å²) in [6.07, 6.45) is 5.17. The van der Waals surface area contributed by atoms with E-state index in [1.165, 1.54) is 29.6 Å². The fraction of sp³-hybridized carbons (Fsp3) is 0.286. The van der Waals surface area contributed by atoms with Crippen LogP contribution in [0, 0.1) is 0 Å². The van der Waals surface area contributed by atoms with Gasteiger partial charge in [0.1, 0.15) is 9.88 Å². The van der Waals surface area contributed by atoms with Crippen molar-refractivity contribution in [2.24, 2.45) is 0 Å². The van der Waals surface area contributed by atoms with Crippen molar-refractivity contribution in [2.45, 2.75) is 13.8 Å². The van der Waals surface area contributed by atoms with Crippen LogP contribution in [0.15, 0.2) is 11.6 Å². The third kappa shape index (κ3) is 3.77. The monoisotopic (exact) mass is 336 g/mol. The van der Waals surface area contributed by atoms with E-state index in [4.69, 9.17) is 0 Å². The Labute approximate surface area is 136 Å². The van der Waals surface area contributed by atoms with Gasteiger partial charge in [0.15, 0.2) is 5.13 Å². The number of hydrogen-bond acceptors (Lipinski definition) is 6. The zero-order valence-electron chi connectivity index (χ0n) is 12.5. The molecule has 0 saturated heterocycles. The third-order valence-corrected chi connectivity index (χ3v) is 4.65. The lowest BCUT2D eigenvalue weighted by Gasteiger charge is -2.14. The fourth-order valence-electron chi connectivity index (χ4n) is 1.72. The molecule has 116 valence electrons. The molecule has 0 radical (unpaired) electrons. The van der Waals surface area contributed by atoms with Crippen LogP contribution in [0.2, 0.25) is 0 Å². The molecule has 6 nitrogen and oxygen atoms in total. The number of amides is 2. The maximum absolute atomic E-state index is 11.5. The Kier molecular flexibility index (Phi) is 5.40. The zero-order valence-corrected chi connectivity index (χ0v) is 14.1. The molecular formula is C14H16N4O2S2. The minimum absolute atomic E-state index is 0.0254. The molecule has 0 saturated carbocycles. The van der Waals surface area contributed by atoms with Gasteiger partial charge in [0, 0.05) is 25.9 Å². The van der Waals surface area contributed by atoms with E-state index in [0.29, 0.717) is 16.6 Å². The summed E-state index contributed by atoms with van der Waals surface area (Å²) in [6, 6.07) is 0. The van der Waals surface area contributed by atoms with E-state index in [1.54, 1.807) is 24.2 Å². The predicted molar refractivity (Wildman–Crippen MR) is 90.2 cm³/mol. The first-order valence-electron chi connectivity index (χ1n) is 6.64. The smallest absolute Gasteiger partial charge is 0.262 e. The molecule has 0 unspecified atom stereocenters. The quantitative estimate of drug-likeness (QED) is 0.910. The second kappa shape index (κ2) is 7.28. The Morgan fingerprint density at radius 3 is 2.82 bits per heavy atom. The summed E-state index contributed by atoms with van der Waals surface area (Å²) < 4.78 is 0. The van der Waals surface area contributed by atoms with E-state index in [-0.39, 0.29) is 11.8 Å². The largest absolute Gasteiger partial charge is 0.354 e. The molecule has 2 heterocycles. The van der Waals surface area contributed by atoms with Crippen molar-refractivity contribution in [3.05, 3.63) is 27.2 Å². The molecule has 1 N–H and O–H groups in total. The molecule has 0 spiro atoms. The lowest BCUT2D eigenvalue weighted by atomic mass is 10.4. The normalized spacial score (nSPS) is 10.9. The van der Waals surface area contributed by atoms with Crippen molar-refractivity contribution in [3.63, 3.8) is 0 Å². The van der Waals surface area contributed by atoms with E-state index in [1.807, 2.05) is 18.4 Å². The first-order valence-corrected chi connectivity index (χ1v) is 8.34. The zero-order chi connectivity index (χ0) is 16.1. The summed E-state index contributed by atoms with van der Waals surface area (Å²) in [6.45, 7) is 4.03. The van der Waals surface area contributed by atoms with Gasteiger partial charge in [-0.25, -0.2) is 9.97 Å². The van der Waals surface area contributed by atoms with Crippen LogP contribution in [0.5, 0.6) is 0 Å². The van der Waals surface area contributed by atoms with E-state index >= 15 is 0 Å². The average Bonchev–Trinajstić information content (AvgIpc) is 3.14. The number of aromatic nitrogens is 2. The Morgan fingerprint density at radius 1 is 1.41 bits per heavy atom. The van der Waals surface area contributed by atoms with Crippen LogP contribution in [0.3, 0.4) is 0 Å². The van der Waals surface area contributed by atoms with Crippen molar-refractivity contribution in [3.8, 4) is 0 Å². The molecule has 2 aromatic rings. The van der Waals surface area contributed by atoms with Gasteiger partial charge < -0.3 is 5.32 Å². The number of carbonyl (C=O) groups is 2. The highest BCUT2D eigenvalue weighted by Crippen LogP contribution is 2.22. The highest BCUT2D eigenvalue weighted by molar-refractivity contribution is 7.14. The standard InChI is InChI=1S/C14H16N4O2S2/c1-4-18(9(2)19)14-17-10(8-21-14)5-6-12-16-7-11(22-12)13(20)15-3/h5-8H,4H2,1-3H3,(H,15,20)/b6-5-. The maximum Gasteiger partial charge on any atom is 0.262 e. The van der Waals surface area contributed by atoms with Crippen molar-refractivity contribution in [1.29, 1.82) is 0 Å². The number of thiazole rings is 2. The number of anilines is 1. The molecule has 2 aromatic heterocycles. The van der Waals surface area contributed by atoms with Gasteiger partial charge in [0.25, 0.3) is 5.91 Å². The first-order chi connectivity index (χ1) is 10.5. The van der Waals surface area contributed by atoms with Crippen molar-refractivity contribution < 1.29 is 9.59 Å². The summed E-state index contributed by atoms with van der Waals surface area (Å²) in [5.74, 6) is -0.171. The first kappa shape index (κ1) is 16.3. The van der Waals surface area contributed by atoms with Gasteiger partial charge in [-0.3, -0.25) is 14.5 Å². The van der Waals surface area contributed by atoms with Crippen LogP contribution in [0.4, 0.5) is 5.13 Å². The van der Waals surface area contributed by atoms with Gasteiger partial charge >= 0.3 is 0 Å². The fourth-order valence-corrected chi connectivity index (χ4v) is 3.39. The number of carbonyl (C=O) groups excluding carboxylic acids is 2. The van der Waals surface area contributed by atoms with Crippen molar-refractivity contribution >= 4 is 51.8 Å². The third-order valence-electron chi connectivity index (χ3n) is 2.81. The van der Waals surface area contributed by atoms with Crippen LogP contribution in [0.1, 0.15) is 34.2 Å². The van der Waals surface area contributed by atoms with Crippen molar-refractivity contribution in [1.82, 2.24) is 15.3 Å². The minimum atomic E-state index is -0.145. The molecule has 2 amide bonds. The predicted octanol–water partition coefficient (Wildman–Crippen LogP) is 2.50. The highest BCUT2D eigenvalue weighted by Gasteiger charge is 2.12. The maximum atomic E-state index is 11.5. The molecule has 2 rings (SSSR count). The highest BCUT2D eigenvalue weighted by atomic mass is 32.1. The van der Waals surface area contributed by atoms with Gasteiger partial charge in [0.05, 0.1) is 11.9 Å². The van der Waals surface area contributed by atoms with Gasteiger partial charge in [-0.05, 0) is 19.1 Å². The summed E-state index contributed by atoms with van der Waals surface area (Å²) in [4.78, 5) is 33.7. The SMILES string of the molecule is CCN(C(C)=O)c1nc(/C=C\c2ncc(C(=O)NC)s2)cs1. The second-order valence-corrected chi connectivity index (χ2v) is 6.19. The molecule has 22 heavy (non-hydrogen) atoms. The van der Waals surface area contributed by atoms with E-state index in [9.17, 15) is 9.59 Å². The van der Waals surface area contributed by atoms with Crippen LogP contribution >= 0.6 is 22.7 Å². The second-order valence-electron chi connectivity index (χ2n) is 4.29. The molecule has 8 heteroatoms. The van der Waals surface area contributed by atoms with E-state index in [0.717, 1.165) is 10.7 Å². The summed E-state index contributed by atoms with van der Waals surface area (Å²) in [5, 5.41) is 5.85. The van der Waals surface area contributed by atoms with Crippen LogP contribution in [-0.2, 0) is 4.79 Å². The molecule has 0 bridgehead atoms. The van der Waals surface area contributed by atoms with Crippen LogP contribution in [-0.4, -0.2) is 35.4 Å². The van der Waals surface area contributed by atoms with E-state index < -0.39 is 0 Å². The van der Waals surface area contributed by atoms with Gasteiger partial charge in [-0.2, -0.15) is 0 Å². The Bertz CT molecular complexity index is 705. The number of hydrogen-bond donors (Lipinski definition) is 1. The molecule has 0 fully saturated rings. The summed E-state index contributed by atoms with van der Waals surface area (Å²) in [5.41, 5.74) is 0.761. The number of rotatable bonds is 5. The molecule has 0 aliphatic rings. The lowest BCUT2D eigenvalue weighted by Crippen LogP contribution is -2.27. The number of nitrogens with one attached hydrogen (secondary N) is 1. The van der Waals surface area contributed by atoms with Crippen molar-refractivity contribution in [2.75, 3.05) is 18.5 Å². The van der Waals surface area contributed by atoms with Gasteiger partial charge in [0.2, 0.25) is 5.91 Å². The molecule has 0 aliphatic carbocycles. The number of nitrogens with zero attached hydrogens (tertiary/aromatic N) is 3. The molecule has 0 aliphatic heterocycles. The van der Waals surface area contributed by atoms with Crippen LogP contribution < -0.4 is 10.2 Å². The minimum Gasteiger partial charge on any atom is -0.354 e. The Hall–Kier alpha value is -2.06. The molecule has 0 aromatic carbocycles. The summed E-state index contributed by atoms with van der Waals surface area (Å²) >= 11 is 2.73. The lowest BCUT2D eigenvalue weighted by molar-refractivity contribution is -0.116. The molecule has 0 atom stereocenters.